The quantitative estimate of drug-likeness (QED) is 0.675. The van der Waals surface area contributed by atoms with Gasteiger partial charge >= 0.3 is 5.97 Å². The molecule has 0 fully saturated rings. The van der Waals surface area contributed by atoms with Crippen molar-refractivity contribution in [2.24, 2.45) is 0 Å². The summed E-state index contributed by atoms with van der Waals surface area (Å²) in [5, 5.41) is 8.65. The van der Waals surface area contributed by atoms with E-state index in [0.717, 1.165) is 0 Å². The molecular weight excluding hydrogens is 280 g/mol. The first-order valence-electron chi connectivity index (χ1n) is 4.20. The molecule has 0 atom stereocenters. The van der Waals surface area contributed by atoms with E-state index in [0.29, 0.717) is 10.2 Å². The van der Waals surface area contributed by atoms with Crippen LogP contribution in [-0.2, 0) is 4.79 Å². The third-order valence-electron chi connectivity index (χ3n) is 1.90. The molecule has 0 bridgehead atoms. The summed E-state index contributed by atoms with van der Waals surface area (Å²) in [6.45, 7) is 0. The summed E-state index contributed by atoms with van der Waals surface area (Å²) >= 11 is 3.10. The third kappa shape index (κ3) is 2.33. The lowest BCUT2D eigenvalue weighted by Gasteiger charge is -2.10. The Labute approximate surface area is 100 Å². The Bertz CT molecular complexity index is 441. The van der Waals surface area contributed by atoms with Crippen molar-refractivity contribution in [2.45, 2.75) is 0 Å². The van der Waals surface area contributed by atoms with E-state index < -0.39 is 11.8 Å². The summed E-state index contributed by atoms with van der Waals surface area (Å²) in [6.07, 6.45) is 0. The molecule has 0 aliphatic rings. The van der Waals surface area contributed by atoms with Crippen molar-refractivity contribution in [1.29, 1.82) is 0 Å². The van der Waals surface area contributed by atoms with Gasteiger partial charge < -0.3 is 14.6 Å². The number of methoxy groups -OCH3 is 2. The van der Waals surface area contributed by atoms with Gasteiger partial charge in [0.2, 0.25) is 0 Å². The van der Waals surface area contributed by atoms with Gasteiger partial charge in [-0.15, -0.1) is 0 Å². The number of aliphatic carboxylic acids is 1. The molecule has 0 aliphatic heterocycles. The highest BCUT2D eigenvalue weighted by atomic mass is 79.9. The average Bonchev–Trinajstić information content (AvgIpc) is 2.26. The molecular formula is C10H9BrO5. The summed E-state index contributed by atoms with van der Waals surface area (Å²) < 4.78 is 10.2. The SMILES string of the molecule is COc1cc(Br)c(C(=O)C(=O)O)c(OC)c1. The Morgan fingerprint density at radius 1 is 1.25 bits per heavy atom. The van der Waals surface area contributed by atoms with Gasteiger partial charge in [0.1, 0.15) is 11.5 Å². The van der Waals surface area contributed by atoms with Gasteiger partial charge in [0.05, 0.1) is 19.8 Å². The van der Waals surface area contributed by atoms with Crippen molar-refractivity contribution in [1.82, 2.24) is 0 Å². The summed E-state index contributed by atoms with van der Waals surface area (Å²) in [7, 11) is 2.81. The smallest absolute Gasteiger partial charge is 0.377 e. The summed E-state index contributed by atoms with van der Waals surface area (Å²) in [5.41, 5.74) is -0.0317. The van der Waals surface area contributed by atoms with Crippen LogP contribution in [0.25, 0.3) is 0 Å². The third-order valence-corrected chi connectivity index (χ3v) is 2.53. The number of Topliss-reactive ketones (excluding diaryl/α,β-unsaturated/α-hetero) is 1. The van der Waals surface area contributed by atoms with Gasteiger partial charge in [-0.3, -0.25) is 4.79 Å². The second-order valence-electron chi connectivity index (χ2n) is 2.82. The van der Waals surface area contributed by atoms with Crippen molar-refractivity contribution < 1.29 is 24.2 Å². The number of ether oxygens (including phenoxy) is 2. The first-order chi connectivity index (χ1) is 7.51. The van der Waals surface area contributed by atoms with Crippen molar-refractivity contribution in [3.05, 3.63) is 22.2 Å². The van der Waals surface area contributed by atoms with E-state index in [9.17, 15) is 9.59 Å². The fraction of sp³-hybridized carbons (Fsp3) is 0.200. The topological polar surface area (TPSA) is 72.8 Å². The molecule has 1 N–H and O–H groups in total. The predicted octanol–water partition coefficient (Wildman–Crippen LogP) is 1.73. The molecule has 6 heteroatoms. The first-order valence-corrected chi connectivity index (χ1v) is 4.99. The molecule has 1 aromatic rings. The van der Waals surface area contributed by atoms with Crippen LogP contribution in [0.2, 0.25) is 0 Å². The number of hydrogen-bond donors (Lipinski definition) is 1. The number of rotatable bonds is 4. The fourth-order valence-corrected chi connectivity index (χ4v) is 1.77. The number of carboxylic acids is 1. The maximum atomic E-state index is 11.4. The van der Waals surface area contributed by atoms with E-state index in [1.807, 2.05) is 0 Å². The first kappa shape index (κ1) is 12.5. The van der Waals surface area contributed by atoms with Gasteiger partial charge in [-0.05, 0) is 22.0 Å². The van der Waals surface area contributed by atoms with Crippen molar-refractivity contribution in [3.8, 4) is 11.5 Å². The number of carbonyl (C=O) groups excluding carboxylic acids is 1. The van der Waals surface area contributed by atoms with Crippen LogP contribution in [0, 0.1) is 0 Å². The summed E-state index contributed by atoms with van der Waals surface area (Å²) in [5.74, 6) is -1.96. The van der Waals surface area contributed by atoms with Crippen LogP contribution in [0.5, 0.6) is 11.5 Å². The Morgan fingerprint density at radius 2 is 1.88 bits per heavy atom. The zero-order chi connectivity index (χ0) is 12.3. The van der Waals surface area contributed by atoms with Gasteiger partial charge in [0.25, 0.3) is 5.78 Å². The Hall–Kier alpha value is -1.56. The second kappa shape index (κ2) is 4.98. The lowest BCUT2D eigenvalue weighted by Crippen LogP contribution is -2.14. The summed E-state index contributed by atoms with van der Waals surface area (Å²) in [6, 6.07) is 2.94. The lowest BCUT2D eigenvalue weighted by molar-refractivity contribution is -0.131. The highest BCUT2D eigenvalue weighted by Gasteiger charge is 2.23. The van der Waals surface area contributed by atoms with Crippen LogP contribution in [-0.4, -0.2) is 31.1 Å². The number of ketones is 1. The molecule has 0 saturated heterocycles. The number of carbonyl (C=O) groups is 2. The molecule has 0 aromatic heterocycles. The molecule has 0 radical (unpaired) electrons. The molecule has 86 valence electrons. The minimum Gasteiger partial charge on any atom is -0.497 e. The molecule has 16 heavy (non-hydrogen) atoms. The standard InChI is InChI=1S/C10H9BrO5/c1-15-5-3-6(11)8(7(4-5)16-2)9(12)10(13)14/h3-4H,1-2H3,(H,13,14). The number of halogens is 1. The Kier molecular flexibility index (Phi) is 3.89. The summed E-state index contributed by atoms with van der Waals surface area (Å²) in [4.78, 5) is 22.0. The zero-order valence-electron chi connectivity index (χ0n) is 8.61. The van der Waals surface area contributed by atoms with E-state index in [1.54, 1.807) is 0 Å². The monoisotopic (exact) mass is 288 g/mol. The van der Waals surface area contributed by atoms with Crippen molar-refractivity contribution in [3.63, 3.8) is 0 Å². The maximum Gasteiger partial charge on any atom is 0.377 e. The van der Waals surface area contributed by atoms with E-state index in [-0.39, 0.29) is 11.3 Å². The van der Waals surface area contributed by atoms with Gasteiger partial charge in [0.15, 0.2) is 0 Å². The number of carboxylic acid groups (broad SMARTS) is 1. The van der Waals surface area contributed by atoms with Gasteiger partial charge in [-0.1, -0.05) is 0 Å². The molecule has 0 aliphatic carbocycles. The normalized spacial score (nSPS) is 9.69. The van der Waals surface area contributed by atoms with Crippen LogP contribution in [0.3, 0.4) is 0 Å². The van der Waals surface area contributed by atoms with Crippen LogP contribution >= 0.6 is 15.9 Å². The molecule has 1 rings (SSSR count). The molecule has 5 nitrogen and oxygen atoms in total. The second-order valence-corrected chi connectivity index (χ2v) is 3.68. The average molecular weight is 289 g/mol. The van der Waals surface area contributed by atoms with Gasteiger partial charge in [-0.2, -0.15) is 0 Å². The van der Waals surface area contributed by atoms with E-state index in [2.05, 4.69) is 15.9 Å². The van der Waals surface area contributed by atoms with Crippen molar-refractivity contribution in [2.75, 3.05) is 14.2 Å². The molecule has 0 unspecified atom stereocenters. The molecule has 0 heterocycles. The lowest BCUT2D eigenvalue weighted by atomic mass is 10.1. The Balaban J connectivity index is 3.38. The minimum atomic E-state index is -1.54. The van der Waals surface area contributed by atoms with Crippen LogP contribution in [0.4, 0.5) is 0 Å². The van der Waals surface area contributed by atoms with Crippen LogP contribution < -0.4 is 9.47 Å². The minimum absolute atomic E-state index is 0.0317. The van der Waals surface area contributed by atoms with Gasteiger partial charge in [0, 0.05) is 10.5 Å². The van der Waals surface area contributed by atoms with E-state index in [4.69, 9.17) is 14.6 Å². The van der Waals surface area contributed by atoms with Gasteiger partial charge in [-0.25, -0.2) is 4.79 Å². The van der Waals surface area contributed by atoms with Crippen molar-refractivity contribution >= 4 is 27.7 Å². The van der Waals surface area contributed by atoms with E-state index in [1.165, 1.54) is 26.4 Å². The highest BCUT2D eigenvalue weighted by Crippen LogP contribution is 2.32. The molecule has 0 saturated carbocycles. The molecule has 0 spiro atoms. The highest BCUT2D eigenvalue weighted by molar-refractivity contribution is 9.10. The largest absolute Gasteiger partial charge is 0.497 e. The predicted molar refractivity (Wildman–Crippen MR) is 59.2 cm³/mol. The molecule has 1 aromatic carbocycles. The Morgan fingerprint density at radius 3 is 2.31 bits per heavy atom. The number of benzene rings is 1. The molecule has 0 amide bonds. The van der Waals surface area contributed by atoms with Crippen LogP contribution in [0.1, 0.15) is 10.4 Å². The zero-order valence-corrected chi connectivity index (χ0v) is 10.2. The number of hydrogen-bond acceptors (Lipinski definition) is 4. The fourth-order valence-electron chi connectivity index (χ4n) is 1.16. The van der Waals surface area contributed by atoms with Crippen LogP contribution in [0.15, 0.2) is 16.6 Å². The van der Waals surface area contributed by atoms with E-state index >= 15 is 0 Å². The maximum absolute atomic E-state index is 11.4.